The van der Waals surface area contributed by atoms with Gasteiger partial charge < -0.3 is 10.1 Å². The van der Waals surface area contributed by atoms with Crippen LogP contribution >= 0.6 is 0 Å². The smallest absolute Gasteiger partial charge is 0.435 e. The van der Waals surface area contributed by atoms with Gasteiger partial charge in [0.05, 0.1) is 17.1 Å². The third-order valence-corrected chi connectivity index (χ3v) is 6.05. The summed E-state index contributed by atoms with van der Waals surface area (Å²) in [4.78, 5) is 24.8. The lowest BCUT2D eigenvalue weighted by molar-refractivity contribution is -0.141. The molecule has 1 N–H and O–H groups in total. The zero-order chi connectivity index (χ0) is 26.8. The molecule has 0 aliphatic rings. The highest BCUT2D eigenvalue weighted by Crippen LogP contribution is 2.31. The lowest BCUT2D eigenvalue weighted by atomic mass is 10.1. The first-order valence-electron chi connectivity index (χ1n) is 10.7. The lowest BCUT2D eigenvalue weighted by Gasteiger charge is -2.13. The van der Waals surface area contributed by atoms with E-state index in [4.69, 9.17) is 4.74 Å². The Labute approximate surface area is 209 Å². The predicted molar refractivity (Wildman–Crippen MR) is 126 cm³/mol. The molecule has 4 rings (SSSR count). The van der Waals surface area contributed by atoms with Crippen LogP contribution in [0.2, 0.25) is 0 Å². The topological polar surface area (TPSA) is 129 Å². The molecule has 0 bridgehead atoms. The van der Waals surface area contributed by atoms with Gasteiger partial charge in [0.25, 0.3) is 0 Å². The zero-order valence-electron chi connectivity index (χ0n) is 19.4. The Morgan fingerprint density at radius 3 is 2.59 bits per heavy atom. The molecule has 0 spiro atoms. The van der Waals surface area contributed by atoms with Crippen LogP contribution in [0, 0.1) is 0 Å². The lowest BCUT2D eigenvalue weighted by Crippen LogP contribution is -2.10. The Balaban J connectivity index is 1.80. The molecule has 0 atom stereocenters. The third kappa shape index (κ3) is 5.91. The van der Waals surface area contributed by atoms with E-state index in [-0.39, 0.29) is 34.4 Å². The molecule has 3 aromatic heterocycles. The number of esters is 1. The first-order chi connectivity index (χ1) is 17.5. The molecule has 0 saturated heterocycles. The van der Waals surface area contributed by atoms with Crippen molar-refractivity contribution in [2.45, 2.75) is 18.0 Å². The highest BCUT2D eigenvalue weighted by molar-refractivity contribution is 7.90. The Morgan fingerprint density at radius 2 is 1.92 bits per heavy atom. The van der Waals surface area contributed by atoms with Crippen molar-refractivity contribution >= 4 is 27.4 Å². The summed E-state index contributed by atoms with van der Waals surface area (Å²) in [5, 5.41) is 6.45. The number of nitrogens with zero attached hydrogens (tertiary/aromatic N) is 5. The molecule has 1 aromatic carbocycles. The van der Waals surface area contributed by atoms with Crippen LogP contribution in [0.3, 0.4) is 0 Å². The van der Waals surface area contributed by atoms with Gasteiger partial charge in [0.2, 0.25) is 5.95 Å². The number of aromatic nitrogens is 5. The number of benzene rings is 1. The fourth-order valence-corrected chi connectivity index (χ4v) is 3.92. The number of nitrogens with one attached hydrogen (secondary N) is 1. The molecular weight excluding hydrogens is 513 g/mol. The monoisotopic (exact) mass is 532 g/mol. The molecule has 3 heterocycles. The Bertz CT molecular complexity index is 1570. The number of carbonyl (C=O) groups is 1. The number of alkyl halides is 3. The molecule has 0 amide bonds. The second-order valence-corrected chi connectivity index (χ2v) is 9.70. The number of anilines is 2. The van der Waals surface area contributed by atoms with Crippen LogP contribution in [0.4, 0.5) is 24.8 Å². The van der Waals surface area contributed by atoms with Crippen molar-refractivity contribution in [3.8, 4) is 16.9 Å². The van der Waals surface area contributed by atoms with Gasteiger partial charge in [0, 0.05) is 47.9 Å². The van der Waals surface area contributed by atoms with E-state index in [1.165, 1.54) is 42.9 Å². The van der Waals surface area contributed by atoms with E-state index in [0.29, 0.717) is 11.3 Å². The molecule has 192 valence electrons. The number of rotatable bonds is 7. The van der Waals surface area contributed by atoms with Crippen LogP contribution in [0.5, 0.6) is 0 Å². The van der Waals surface area contributed by atoms with Crippen molar-refractivity contribution in [1.29, 1.82) is 0 Å². The average Bonchev–Trinajstić information content (AvgIpc) is 3.35. The van der Waals surface area contributed by atoms with Gasteiger partial charge in [-0.25, -0.2) is 22.9 Å². The minimum absolute atomic E-state index is 0.0389. The first kappa shape index (κ1) is 25.8. The number of hydrogen-bond donors (Lipinski definition) is 1. The van der Waals surface area contributed by atoms with Gasteiger partial charge in [-0.05, 0) is 37.3 Å². The third-order valence-electron chi connectivity index (χ3n) is 4.94. The molecule has 14 heteroatoms. The van der Waals surface area contributed by atoms with Crippen molar-refractivity contribution in [3.63, 3.8) is 0 Å². The highest BCUT2D eigenvalue weighted by atomic mass is 32.2. The van der Waals surface area contributed by atoms with Crippen LogP contribution in [0.1, 0.15) is 23.0 Å². The molecule has 0 radical (unpaired) electrons. The van der Waals surface area contributed by atoms with Crippen LogP contribution in [0.15, 0.2) is 66.1 Å². The highest BCUT2D eigenvalue weighted by Gasteiger charge is 2.34. The van der Waals surface area contributed by atoms with E-state index < -0.39 is 27.7 Å². The van der Waals surface area contributed by atoms with Gasteiger partial charge in [0.15, 0.2) is 21.3 Å². The summed E-state index contributed by atoms with van der Waals surface area (Å²) in [6.45, 7) is 1.79. The molecule has 0 fully saturated rings. The number of pyridine rings is 1. The largest absolute Gasteiger partial charge is 0.462 e. The summed E-state index contributed by atoms with van der Waals surface area (Å²) in [5.74, 6) is -0.708. The van der Waals surface area contributed by atoms with E-state index in [1.807, 2.05) is 0 Å². The summed E-state index contributed by atoms with van der Waals surface area (Å²) < 4.78 is 69.3. The van der Waals surface area contributed by atoms with Crippen molar-refractivity contribution in [2.75, 3.05) is 18.2 Å². The van der Waals surface area contributed by atoms with E-state index in [2.05, 4.69) is 25.4 Å². The number of hydrogen-bond acceptors (Lipinski definition) is 9. The van der Waals surface area contributed by atoms with Gasteiger partial charge in [-0.1, -0.05) is 6.07 Å². The second kappa shape index (κ2) is 9.97. The standard InChI is InChI=1S/C23H19F3N6O4S/c1-3-36-21(33)15-9-14(11-27-12-15)18-13-28-22(29-16-5-4-6-17(10-16)37(2,34)35)30-20(18)32-8-7-19(31-32)23(24,25)26/h4-13H,3H2,1-2H3,(H,28,29,30). The normalized spacial score (nSPS) is 11.8. The maximum absolute atomic E-state index is 13.2. The molecule has 4 aromatic rings. The van der Waals surface area contributed by atoms with Crippen molar-refractivity contribution in [2.24, 2.45) is 0 Å². The number of ether oxygens (including phenoxy) is 1. The van der Waals surface area contributed by atoms with E-state index >= 15 is 0 Å². The summed E-state index contributed by atoms with van der Waals surface area (Å²) in [6, 6.07) is 8.13. The molecular formula is C23H19F3N6O4S. The molecule has 37 heavy (non-hydrogen) atoms. The van der Waals surface area contributed by atoms with Gasteiger partial charge in [-0.2, -0.15) is 23.3 Å². The molecule has 0 saturated carbocycles. The summed E-state index contributed by atoms with van der Waals surface area (Å²) in [5.41, 5.74) is -0.113. The van der Waals surface area contributed by atoms with Crippen molar-refractivity contribution in [3.05, 3.63) is 72.4 Å². The minimum Gasteiger partial charge on any atom is -0.462 e. The van der Waals surface area contributed by atoms with Crippen LogP contribution in [-0.4, -0.2) is 52.0 Å². The van der Waals surface area contributed by atoms with Crippen molar-refractivity contribution < 1.29 is 31.1 Å². The average molecular weight is 533 g/mol. The maximum atomic E-state index is 13.2. The fourth-order valence-electron chi connectivity index (χ4n) is 3.25. The number of carbonyl (C=O) groups excluding carboxylic acids is 1. The zero-order valence-corrected chi connectivity index (χ0v) is 20.2. The molecule has 10 nitrogen and oxygen atoms in total. The first-order valence-corrected chi connectivity index (χ1v) is 12.5. The van der Waals surface area contributed by atoms with E-state index in [9.17, 15) is 26.4 Å². The molecule has 0 unspecified atom stereocenters. The minimum atomic E-state index is -4.68. The number of sulfone groups is 1. The second-order valence-electron chi connectivity index (χ2n) is 7.68. The van der Waals surface area contributed by atoms with Gasteiger partial charge in [-0.3, -0.25) is 4.98 Å². The van der Waals surface area contributed by atoms with Crippen LogP contribution in [-0.2, 0) is 20.8 Å². The Morgan fingerprint density at radius 1 is 1.14 bits per heavy atom. The van der Waals surface area contributed by atoms with E-state index in [0.717, 1.165) is 23.2 Å². The Kier molecular flexibility index (Phi) is 6.94. The quantitative estimate of drug-likeness (QED) is 0.350. The number of halogens is 3. The predicted octanol–water partition coefficient (Wildman–Crippen LogP) is 4.07. The molecule has 0 aliphatic carbocycles. The van der Waals surface area contributed by atoms with Crippen LogP contribution in [0.25, 0.3) is 16.9 Å². The summed E-state index contributed by atoms with van der Waals surface area (Å²) in [6.07, 6.45) is 1.47. The van der Waals surface area contributed by atoms with E-state index in [1.54, 1.807) is 13.0 Å². The fraction of sp³-hybridized carbons (Fsp3) is 0.174. The van der Waals surface area contributed by atoms with Gasteiger partial charge >= 0.3 is 12.1 Å². The summed E-state index contributed by atoms with van der Waals surface area (Å²) in [7, 11) is -3.48. The Hall–Kier alpha value is -4.33. The molecule has 0 aliphatic heterocycles. The van der Waals surface area contributed by atoms with Gasteiger partial charge in [-0.15, -0.1) is 0 Å². The van der Waals surface area contributed by atoms with Gasteiger partial charge in [0.1, 0.15) is 0 Å². The van der Waals surface area contributed by atoms with Crippen LogP contribution < -0.4 is 5.32 Å². The maximum Gasteiger partial charge on any atom is 0.435 e. The van der Waals surface area contributed by atoms with Crippen molar-refractivity contribution in [1.82, 2.24) is 24.7 Å². The summed E-state index contributed by atoms with van der Waals surface area (Å²) >= 11 is 0. The SMILES string of the molecule is CCOC(=O)c1cncc(-c2cnc(Nc3cccc(S(C)(=O)=O)c3)nc2-n2ccc(C(F)(F)F)n2)c1.